The van der Waals surface area contributed by atoms with Crippen LogP contribution in [-0.2, 0) is 9.53 Å². The van der Waals surface area contributed by atoms with E-state index in [0.29, 0.717) is 6.61 Å². The molecule has 1 unspecified atom stereocenters. The number of nitrogens with one attached hydrogen (secondary N) is 1. The van der Waals surface area contributed by atoms with Crippen LogP contribution in [0, 0.1) is 0 Å². The molecule has 0 aliphatic carbocycles. The predicted octanol–water partition coefficient (Wildman–Crippen LogP) is 0.726. The molecule has 1 aliphatic rings. The summed E-state index contributed by atoms with van der Waals surface area (Å²) in [7, 11) is 1.64. The smallest absolute Gasteiger partial charge is 0.237 e. The molecule has 0 fully saturated rings. The number of carbonyl (C=O) groups excluding carboxylic acids is 1. The summed E-state index contributed by atoms with van der Waals surface area (Å²) in [5.74, 6) is 0.0783. The average molecular weight is 173 g/mol. The fourth-order valence-electron chi connectivity index (χ4n) is 0.829. The van der Waals surface area contributed by atoms with Crippen LogP contribution < -0.4 is 5.32 Å². The van der Waals surface area contributed by atoms with Crippen LogP contribution in [-0.4, -0.2) is 24.9 Å². The highest BCUT2D eigenvalue weighted by Gasteiger charge is 2.18. The molecule has 62 valence electrons. The van der Waals surface area contributed by atoms with Crippen LogP contribution in [0.1, 0.15) is 6.42 Å². The molecule has 1 rings (SSSR count). The lowest BCUT2D eigenvalue weighted by Crippen LogP contribution is -2.31. The molecule has 0 aromatic heterocycles. The van der Waals surface area contributed by atoms with Crippen LogP contribution in [0.5, 0.6) is 0 Å². The summed E-state index contributed by atoms with van der Waals surface area (Å²) in [6, 6.07) is 0. The Morgan fingerprint density at radius 2 is 2.64 bits per heavy atom. The van der Waals surface area contributed by atoms with Crippen molar-refractivity contribution in [2.75, 3.05) is 13.7 Å². The van der Waals surface area contributed by atoms with Gasteiger partial charge in [0.05, 0.1) is 5.25 Å². The quantitative estimate of drug-likeness (QED) is 0.683. The average Bonchev–Trinajstić information content (AvgIpc) is 2.03. The summed E-state index contributed by atoms with van der Waals surface area (Å²) in [6.07, 6.45) is 2.44. The first-order chi connectivity index (χ1) is 5.34. The molecular weight excluding hydrogens is 162 g/mol. The molecule has 0 spiro atoms. The SMILES string of the molecule is COCCC1SC=CNC1=O. The maximum atomic E-state index is 11.1. The third kappa shape index (κ3) is 2.55. The molecule has 0 saturated heterocycles. The van der Waals surface area contributed by atoms with E-state index in [4.69, 9.17) is 4.74 Å². The Balaban J connectivity index is 2.32. The van der Waals surface area contributed by atoms with Gasteiger partial charge in [-0.1, -0.05) is 0 Å². The molecule has 11 heavy (non-hydrogen) atoms. The fraction of sp³-hybridized carbons (Fsp3) is 0.571. The summed E-state index contributed by atoms with van der Waals surface area (Å²) in [4.78, 5) is 11.1. The first-order valence-corrected chi connectivity index (χ1v) is 4.38. The lowest BCUT2D eigenvalue weighted by Gasteiger charge is -2.15. The van der Waals surface area contributed by atoms with Crippen LogP contribution >= 0.6 is 11.8 Å². The van der Waals surface area contributed by atoms with Crippen LogP contribution in [0.25, 0.3) is 0 Å². The van der Waals surface area contributed by atoms with Crippen LogP contribution in [0.2, 0.25) is 0 Å². The van der Waals surface area contributed by atoms with Gasteiger partial charge < -0.3 is 10.1 Å². The lowest BCUT2D eigenvalue weighted by molar-refractivity contribution is -0.120. The van der Waals surface area contributed by atoms with E-state index in [1.807, 2.05) is 5.41 Å². The van der Waals surface area contributed by atoms with Crippen molar-refractivity contribution in [1.29, 1.82) is 0 Å². The Hall–Kier alpha value is -0.480. The molecule has 0 aromatic carbocycles. The molecule has 1 atom stereocenters. The van der Waals surface area contributed by atoms with E-state index in [-0.39, 0.29) is 11.2 Å². The standard InChI is InChI=1S/C7H11NO2S/c1-10-4-2-6-7(9)8-3-5-11-6/h3,5-6H,2,4H2,1H3,(H,8,9). The normalized spacial score (nSPS) is 23.4. The monoisotopic (exact) mass is 173 g/mol. The fourth-order valence-corrected chi connectivity index (χ4v) is 1.59. The minimum atomic E-state index is 0.0277. The van der Waals surface area contributed by atoms with Gasteiger partial charge in [0.2, 0.25) is 5.91 Å². The zero-order valence-corrected chi connectivity index (χ0v) is 7.19. The van der Waals surface area contributed by atoms with E-state index >= 15 is 0 Å². The van der Waals surface area contributed by atoms with Gasteiger partial charge in [0.15, 0.2) is 0 Å². The van der Waals surface area contributed by atoms with E-state index in [2.05, 4.69) is 5.32 Å². The van der Waals surface area contributed by atoms with E-state index < -0.39 is 0 Å². The Labute approximate surface area is 70.2 Å². The molecule has 1 heterocycles. The number of rotatable bonds is 3. The Bertz CT molecular complexity index is 170. The maximum absolute atomic E-state index is 11.1. The van der Waals surface area contributed by atoms with E-state index in [1.165, 1.54) is 11.8 Å². The van der Waals surface area contributed by atoms with Crippen molar-refractivity contribution in [3.8, 4) is 0 Å². The van der Waals surface area contributed by atoms with Crippen LogP contribution in [0.4, 0.5) is 0 Å². The van der Waals surface area contributed by atoms with Gasteiger partial charge in [-0.05, 0) is 11.8 Å². The summed E-state index contributed by atoms with van der Waals surface area (Å²) in [5, 5.41) is 4.56. The first kappa shape index (κ1) is 8.62. The highest BCUT2D eigenvalue weighted by Crippen LogP contribution is 2.18. The third-order valence-corrected chi connectivity index (χ3v) is 2.48. The molecule has 1 aliphatic heterocycles. The topological polar surface area (TPSA) is 38.3 Å². The molecule has 3 nitrogen and oxygen atoms in total. The second kappa shape index (κ2) is 4.41. The molecule has 0 saturated carbocycles. The van der Waals surface area contributed by atoms with E-state index in [1.54, 1.807) is 13.3 Å². The first-order valence-electron chi connectivity index (χ1n) is 3.44. The van der Waals surface area contributed by atoms with Crippen LogP contribution in [0.15, 0.2) is 11.6 Å². The van der Waals surface area contributed by atoms with Crippen molar-refractivity contribution in [2.24, 2.45) is 0 Å². The molecular formula is C7H11NO2S. The number of hydrogen-bond donors (Lipinski definition) is 1. The second-order valence-electron chi connectivity index (χ2n) is 2.22. The number of carbonyl (C=O) groups is 1. The Morgan fingerprint density at radius 1 is 1.82 bits per heavy atom. The maximum Gasteiger partial charge on any atom is 0.237 e. The van der Waals surface area contributed by atoms with Gasteiger partial charge in [0.1, 0.15) is 0 Å². The van der Waals surface area contributed by atoms with Crippen molar-refractivity contribution in [3.63, 3.8) is 0 Å². The molecule has 1 amide bonds. The van der Waals surface area contributed by atoms with Crippen molar-refractivity contribution >= 4 is 17.7 Å². The highest BCUT2D eigenvalue weighted by molar-refractivity contribution is 8.03. The van der Waals surface area contributed by atoms with Crippen LogP contribution in [0.3, 0.4) is 0 Å². The highest BCUT2D eigenvalue weighted by atomic mass is 32.2. The van der Waals surface area contributed by atoms with Gasteiger partial charge in [0, 0.05) is 19.9 Å². The summed E-state index contributed by atoms with van der Waals surface area (Å²) < 4.78 is 4.88. The van der Waals surface area contributed by atoms with Gasteiger partial charge in [0.25, 0.3) is 0 Å². The van der Waals surface area contributed by atoms with E-state index in [0.717, 1.165) is 6.42 Å². The molecule has 0 bridgehead atoms. The lowest BCUT2D eigenvalue weighted by atomic mass is 10.3. The number of amides is 1. The van der Waals surface area contributed by atoms with Crippen molar-refractivity contribution in [3.05, 3.63) is 11.6 Å². The van der Waals surface area contributed by atoms with Gasteiger partial charge in [-0.15, -0.1) is 11.8 Å². The summed E-state index contributed by atoms with van der Waals surface area (Å²) >= 11 is 1.54. The number of ether oxygens (including phenoxy) is 1. The van der Waals surface area contributed by atoms with Crippen molar-refractivity contribution in [2.45, 2.75) is 11.7 Å². The third-order valence-electron chi connectivity index (χ3n) is 1.41. The summed E-state index contributed by atoms with van der Waals surface area (Å²) in [5.41, 5.74) is 0. The van der Waals surface area contributed by atoms with Gasteiger partial charge in [-0.2, -0.15) is 0 Å². The van der Waals surface area contributed by atoms with Gasteiger partial charge >= 0.3 is 0 Å². The zero-order chi connectivity index (χ0) is 8.10. The summed E-state index contributed by atoms with van der Waals surface area (Å²) in [6.45, 7) is 0.638. The second-order valence-corrected chi connectivity index (χ2v) is 3.33. The van der Waals surface area contributed by atoms with Gasteiger partial charge in [-0.25, -0.2) is 0 Å². The minimum Gasteiger partial charge on any atom is -0.385 e. The van der Waals surface area contributed by atoms with E-state index in [9.17, 15) is 4.79 Å². The minimum absolute atomic E-state index is 0.0277. The molecule has 0 radical (unpaired) electrons. The number of hydrogen-bond acceptors (Lipinski definition) is 3. The largest absolute Gasteiger partial charge is 0.385 e. The van der Waals surface area contributed by atoms with Crippen molar-refractivity contribution < 1.29 is 9.53 Å². The molecule has 0 aromatic rings. The molecule has 1 N–H and O–H groups in total. The van der Waals surface area contributed by atoms with Gasteiger partial charge in [-0.3, -0.25) is 4.79 Å². The van der Waals surface area contributed by atoms with Crippen molar-refractivity contribution in [1.82, 2.24) is 5.32 Å². The predicted molar refractivity (Wildman–Crippen MR) is 45.2 cm³/mol. The molecule has 4 heteroatoms. The number of thioether (sulfide) groups is 1. The number of methoxy groups -OCH3 is 1. The zero-order valence-electron chi connectivity index (χ0n) is 6.37. The Morgan fingerprint density at radius 3 is 3.27 bits per heavy atom. The Kier molecular flexibility index (Phi) is 3.45.